The summed E-state index contributed by atoms with van der Waals surface area (Å²) in [6, 6.07) is 2.81. The van der Waals surface area contributed by atoms with Crippen molar-refractivity contribution in [1.82, 2.24) is 10.3 Å². The Hall–Kier alpha value is -2.10. The molecule has 0 spiro atoms. The molecule has 0 bridgehead atoms. The number of aryl methyl sites for hydroxylation is 1. The molecule has 122 valence electrons. The number of nitrogens with zero attached hydrogens (tertiary/aromatic N) is 1. The molecule has 22 heavy (non-hydrogen) atoms. The van der Waals surface area contributed by atoms with Crippen LogP contribution in [0.2, 0.25) is 0 Å². The summed E-state index contributed by atoms with van der Waals surface area (Å²) in [4.78, 5) is 15.2. The Morgan fingerprint density at radius 2 is 2.09 bits per heavy atom. The Morgan fingerprint density at radius 1 is 1.41 bits per heavy atom. The van der Waals surface area contributed by atoms with Crippen LogP contribution in [0.5, 0.6) is 5.75 Å². The van der Waals surface area contributed by atoms with Crippen LogP contribution in [-0.2, 0) is 4.74 Å². The van der Waals surface area contributed by atoms with Crippen LogP contribution >= 0.6 is 12.2 Å². The molecule has 1 rings (SSSR count). The van der Waals surface area contributed by atoms with Crippen molar-refractivity contribution < 1.29 is 27.4 Å². The van der Waals surface area contributed by atoms with Crippen molar-refractivity contribution in [3.63, 3.8) is 0 Å². The lowest BCUT2D eigenvalue weighted by Crippen LogP contribution is -2.35. The van der Waals surface area contributed by atoms with Crippen molar-refractivity contribution in [3.05, 3.63) is 17.8 Å². The van der Waals surface area contributed by atoms with Crippen LogP contribution in [-0.4, -0.2) is 35.6 Å². The zero-order valence-electron chi connectivity index (χ0n) is 11.8. The molecule has 6 nitrogen and oxygen atoms in total. The number of alkyl carbamates (subject to hydrolysis) is 1. The first kappa shape index (κ1) is 18.0. The van der Waals surface area contributed by atoms with Gasteiger partial charge in [0.05, 0.1) is 6.61 Å². The maximum atomic E-state index is 12.2. The Bertz CT molecular complexity index is 552. The summed E-state index contributed by atoms with van der Waals surface area (Å²) in [5.74, 6) is -0.179. The van der Waals surface area contributed by atoms with E-state index in [1.165, 1.54) is 12.1 Å². The zero-order valence-corrected chi connectivity index (χ0v) is 12.6. The number of aromatic nitrogens is 1. The molecule has 10 heteroatoms. The molecule has 0 saturated carbocycles. The van der Waals surface area contributed by atoms with E-state index in [0.717, 1.165) is 0 Å². The lowest BCUT2D eigenvalue weighted by Gasteiger charge is -2.14. The van der Waals surface area contributed by atoms with Gasteiger partial charge in [0.2, 0.25) is 0 Å². The molecule has 0 atom stereocenters. The molecule has 0 aliphatic carbocycles. The first-order chi connectivity index (χ1) is 10.2. The SMILES string of the molecule is CCOC(=O)NC(=S)Nc1nc(C)ccc1OCC(F)(F)F. The van der Waals surface area contributed by atoms with Gasteiger partial charge in [0.25, 0.3) is 0 Å². The number of alkyl halides is 3. The molecule has 1 aromatic rings. The number of halogens is 3. The monoisotopic (exact) mass is 337 g/mol. The number of hydrogen-bond acceptors (Lipinski definition) is 5. The number of rotatable bonds is 4. The number of anilines is 1. The fourth-order valence-corrected chi connectivity index (χ4v) is 1.49. The smallest absolute Gasteiger partial charge is 0.422 e. The second-order valence-corrected chi connectivity index (χ2v) is 4.41. The summed E-state index contributed by atoms with van der Waals surface area (Å²) < 4.78 is 45.9. The molecule has 1 amide bonds. The molecule has 0 fully saturated rings. The van der Waals surface area contributed by atoms with Crippen molar-refractivity contribution in [3.8, 4) is 5.75 Å². The average molecular weight is 337 g/mol. The number of carbonyl (C=O) groups is 1. The van der Waals surface area contributed by atoms with Crippen molar-refractivity contribution >= 4 is 29.2 Å². The molecular weight excluding hydrogens is 323 g/mol. The minimum Gasteiger partial charge on any atom is -0.480 e. The van der Waals surface area contributed by atoms with E-state index in [9.17, 15) is 18.0 Å². The Morgan fingerprint density at radius 3 is 2.68 bits per heavy atom. The number of nitrogens with one attached hydrogen (secondary N) is 2. The van der Waals surface area contributed by atoms with Crippen LogP contribution in [0.25, 0.3) is 0 Å². The zero-order chi connectivity index (χ0) is 16.8. The molecule has 2 N–H and O–H groups in total. The third kappa shape index (κ3) is 6.57. The standard InChI is InChI=1S/C12H14F3N3O3S/c1-3-20-11(19)18-10(22)17-9-8(5-4-7(2)16-9)21-6-12(13,14)15/h4-5H,3,6H2,1-2H3,(H2,16,17,18,19,22). The number of thiocarbonyl (C=S) groups is 1. The van der Waals surface area contributed by atoms with Gasteiger partial charge in [-0.3, -0.25) is 5.32 Å². The van der Waals surface area contributed by atoms with Crippen LogP contribution in [0.3, 0.4) is 0 Å². The van der Waals surface area contributed by atoms with Gasteiger partial charge in [-0.2, -0.15) is 13.2 Å². The van der Waals surface area contributed by atoms with E-state index >= 15 is 0 Å². The summed E-state index contributed by atoms with van der Waals surface area (Å²) >= 11 is 4.85. The highest BCUT2D eigenvalue weighted by molar-refractivity contribution is 7.80. The van der Waals surface area contributed by atoms with Crippen LogP contribution in [0.4, 0.5) is 23.8 Å². The number of hydrogen-bond donors (Lipinski definition) is 2. The molecular formula is C12H14F3N3O3S. The molecule has 0 saturated heterocycles. The highest BCUT2D eigenvalue weighted by Crippen LogP contribution is 2.25. The van der Waals surface area contributed by atoms with E-state index in [-0.39, 0.29) is 23.3 Å². The quantitative estimate of drug-likeness (QED) is 0.823. The fourth-order valence-electron chi connectivity index (χ4n) is 1.31. The van der Waals surface area contributed by atoms with E-state index in [2.05, 4.69) is 25.1 Å². The molecule has 1 aromatic heterocycles. The molecule has 0 aromatic carbocycles. The summed E-state index contributed by atoms with van der Waals surface area (Å²) in [6.45, 7) is 1.93. The number of ether oxygens (including phenoxy) is 2. The van der Waals surface area contributed by atoms with E-state index in [1.54, 1.807) is 13.8 Å². The van der Waals surface area contributed by atoms with Crippen LogP contribution in [0, 0.1) is 6.92 Å². The Labute approximate surface area is 130 Å². The number of amides is 1. The first-order valence-electron chi connectivity index (χ1n) is 6.13. The summed E-state index contributed by atoms with van der Waals surface area (Å²) in [5, 5.41) is 4.51. The van der Waals surface area contributed by atoms with Gasteiger partial charge in [0.15, 0.2) is 23.3 Å². The topological polar surface area (TPSA) is 72.5 Å². The fraction of sp³-hybridized carbons (Fsp3) is 0.417. The van der Waals surface area contributed by atoms with E-state index in [0.29, 0.717) is 5.69 Å². The van der Waals surface area contributed by atoms with Gasteiger partial charge in [-0.25, -0.2) is 9.78 Å². The predicted octanol–water partition coefficient (Wildman–Crippen LogP) is 2.77. The predicted molar refractivity (Wildman–Crippen MR) is 76.9 cm³/mol. The van der Waals surface area contributed by atoms with Gasteiger partial charge in [0.1, 0.15) is 0 Å². The normalized spacial score (nSPS) is 10.8. The molecule has 0 radical (unpaired) electrons. The van der Waals surface area contributed by atoms with Gasteiger partial charge in [-0.05, 0) is 38.2 Å². The van der Waals surface area contributed by atoms with E-state index in [4.69, 9.17) is 12.2 Å². The van der Waals surface area contributed by atoms with Crippen molar-refractivity contribution in [2.75, 3.05) is 18.5 Å². The van der Waals surface area contributed by atoms with Crippen molar-refractivity contribution in [2.45, 2.75) is 20.0 Å². The van der Waals surface area contributed by atoms with E-state index < -0.39 is 18.9 Å². The largest absolute Gasteiger partial charge is 0.480 e. The molecule has 0 aliphatic rings. The number of pyridine rings is 1. The minimum absolute atomic E-state index is 0.0361. The lowest BCUT2D eigenvalue weighted by atomic mass is 10.3. The van der Waals surface area contributed by atoms with Gasteiger partial charge in [-0.15, -0.1) is 0 Å². The van der Waals surface area contributed by atoms with Crippen molar-refractivity contribution in [1.29, 1.82) is 0 Å². The second kappa shape index (κ2) is 7.78. The minimum atomic E-state index is -4.48. The van der Waals surface area contributed by atoms with Gasteiger partial charge < -0.3 is 14.8 Å². The maximum Gasteiger partial charge on any atom is 0.422 e. The third-order valence-electron chi connectivity index (χ3n) is 2.11. The Kier molecular flexibility index (Phi) is 6.35. The lowest BCUT2D eigenvalue weighted by molar-refractivity contribution is -0.153. The molecule has 1 heterocycles. The molecule has 0 unspecified atom stereocenters. The average Bonchev–Trinajstić information content (AvgIpc) is 2.36. The highest BCUT2D eigenvalue weighted by atomic mass is 32.1. The van der Waals surface area contributed by atoms with Crippen molar-refractivity contribution in [2.24, 2.45) is 0 Å². The second-order valence-electron chi connectivity index (χ2n) is 4.00. The van der Waals surface area contributed by atoms with E-state index in [1.807, 2.05) is 0 Å². The summed E-state index contributed by atoms with van der Waals surface area (Å²) in [5.41, 5.74) is 0.529. The van der Waals surface area contributed by atoms with Gasteiger partial charge in [-0.1, -0.05) is 0 Å². The summed E-state index contributed by atoms with van der Waals surface area (Å²) in [7, 11) is 0. The molecule has 0 aliphatic heterocycles. The first-order valence-corrected chi connectivity index (χ1v) is 6.54. The van der Waals surface area contributed by atoms with Crippen LogP contribution in [0.15, 0.2) is 12.1 Å². The summed E-state index contributed by atoms with van der Waals surface area (Å²) in [6.07, 6.45) is -5.27. The van der Waals surface area contributed by atoms with Gasteiger partial charge >= 0.3 is 12.3 Å². The van der Waals surface area contributed by atoms with Crippen LogP contribution < -0.4 is 15.4 Å². The maximum absolute atomic E-state index is 12.2. The van der Waals surface area contributed by atoms with Crippen LogP contribution in [0.1, 0.15) is 12.6 Å². The third-order valence-corrected chi connectivity index (χ3v) is 2.32. The van der Waals surface area contributed by atoms with Gasteiger partial charge in [0, 0.05) is 5.69 Å². The number of carbonyl (C=O) groups excluding carboxylic acids is 1. The highest BCUT2D eigenvalue weighted by Gasteiger charge is 2.29. The Balaban J connectivity index is 2.77.